The number of hydrogen-bond donors (Lipinski definition) is 2. The Labute approximate surface area is 167 Å². The lowest BCUT2D eigenvalue weighted by atomic mass is 10.1. The van der Waals surface area contributed by atoms with Crippen molar-refractivity contribution in [2.45, 2.75) is 31.1 Å². The van der Waals surface area contributed by atoms with Crippen molar-refractivity contribution in [3.8, 4) is 0 Å². The van der Waals surface area contributed by atoms with Crippen LogP contribution in [-0.2, 0) is 27.7 Å². The van der Waals surface area contributed by atoms with Crippen molar-refractivity contribution >= 4 is 38.1 Å². The van der Waals surface area contributed by atoms with Crippen LogP contribution in [0.3, 0.4) is 0 Å². The molecule has 1 heterocycles. The van der Waals surface area contributed by atoms with Crippen LogP contribution in [0.1, 0.15) is 23.9 Å². The Kier molecular flexibility index (Phi) is 6.37. The Morgan fingerprint density at radius 1 is 1.04 bits per heavy atom. The molecule has 7 nitrogen and oxygen atoms in total. The van der Waals surface area contributed by atoms with Gasteiger partial charge in [-0.2, -0.15) is 0 Å². The summed E-state index contributed by atoms with van der Waals surface area (Å²) in [4.78, 5) is 12.2. The third-order valence-electron chi connectivity index (χ3n) is 3.92. The molecule has 0 unspecified atom stereocenters. The fourth-order valence-electron chi connectivity index (χ4n) is 2.46. The van der Waals surface area contributed by atoms with E-state index in [2.05, 4.69) is 20.2 Å². The van der Waals surface area contributed by atoms with Gasteiger partial charge in [0.05, 0.1) is 4.90 Å². The van der Waals surface area contributed by atoms with Gasteiger partial charge in [0.2, 0.25) is 11.0 Å². The Morgan fingerprint density at radius 3 is 2.39 bits per heavy atom. The molecule has 1 aromatic heterocycles. The second kappa shape index (κ2) is 8.94. The van der Waals surface area contributed by atoms with Crippen molar-refractivity contribution in [2.24, 2.45) is 0 Å². The second-order valence-electron chi connectivity index (χ2n) is 6.02. The van der Waals surface area contributed by atoms with Crippen LogP contribution in [0.4, 0.5) is 10.8 Å². The van der Waals surface area contributed by atoms with E-state index < -0.39 is 10.0 Å². The lowest BCUT2D eigenvalue weighted by Gasteiger charge is -2.08. The number of carbonyl (C=O) groups is 1. The smallest absolute Gasteiger partial charge is 0.263 e. The van der Waals surface area contributed by atoms with Gasteiger partial charge >= 0.3 is 0 Å². The van der Waals surface area contributed by atoms with Crippen LogP contribution in [-0.4, -0.2) is 24.5 Å². The molecule has 146 valence electrons. The number of sulfonamides is 1. The topological polar surface area (TPSA) is 101 Å². The van der Waals surface area contributed by atoms with Crippen LogP contribution in [0.2, 0.25) is 0 Å². The SMILES string of the molecule is CCc1nnc(NS(=O)(=O)c2ccc(NC(=O)CCc3ccccc3)cc2)s1. The summed E-state index contributed by atoms with van der Waals surface area (Å²) in [5.74, 6) is -0.126. The third kappa shape index (κ3) is 5.37. The van der Waals surface area contributed by atoms with Gasteiger partial charge in [0.1, 0.15) is 5.01 Å². The van der Waals surface area contributed by atoms with Crippen LogP contribution >= 0.6 is 11.3 Å². The molecule has 0 spiro atoms. The highest BCUT2D eigenvalue weighted by atomic mass is 32.2. The zero-order valence-corrected chi connectivity index (χ0v) is 16.9. The van der Waals surface area contributed by atoms with E-state index in [0.29, 0.717) is 24.9 Å². The summed E-state index contributed by atoms with van der Waals surface area (Å²) in [5, 5.41) is 11.5. The fourth-order valence-corrected chi connectivity index (χ4v) is 4.36. The van der Waals surface area contributed by atoms with E-state index in [0.717, 1.165) is 10.6 Å². The number of rotatable bonds is 8. The van der Waals surface area contributed by atoms with Gasteiger partial charge in [0.25, 0.3) is 10.0 Å². The highest BCUT2D eigenvalue weighted by molar-refractivity contribution is 7.93. The van der Waals surface area contributed by atoms with Crippen molar-refractivity contribution in [3.63, 3.8) is 0 Å². The van der Waals surface area contributed by atoms with Crippen LogP contribution in [0.25, 0.3) is 0 Å². The van der Waals surface area contributed by atoms with E-state index in [-0.39, 0.29) is 15.9 Å². The molecule has 2 N–H and O–H groups in total. The van der Waals surface area contributed by atoms with E-state index in [4.69, 9.17) is 0 Å². The average Bonchev–Trinajstić information content (AvgIpc) is 3.14. The molecule has 0 fully saturated rings. The maximum Gasteiger partial charge on any atom is 0.263 e. The lowest BCUT2D eigenvalue weighted by Crippen LogP contribution is -2.14. The van der Waals surface area contributed by atoms with Crippen LogP contribution in [0.5, 0.6) is 0 Å². The Balaban J connectivity index is 1.58. The molecule has 0 saturated heterocycles. The van der Waals surface area contributed by atoms with E-state index in [9.17, 15) is 13.2 Å². The Bertz CT molecular complexity index is 1030. The summed E-state index contributed by atoms with van der Waals surface area (Å²) in [7, 11) is -3.75. The molecule has 0 saturated carbocycles. The first-order valence-corrected chi connectivity index (χ1v) is 11.1. The molecule has 9 heteroatoms. The first kappa shape index (κ1) is 20.0. The standard InChI is InChI=1S/C19H20N4O3S2/c1-2-18-21-22-19(27-18)23-28(25,26)16-11-9-15(10-12-16)20-17(24)13-8-14-6-4-3-5-7-14/h3-7,9-12H,2,8,13H2,1H3,(H,20,24)(H,22,23). The Morgan fingerprint density at radius 2 is 1.75 bits per heavy atom. The van der Waals surface area contributed by atoms with Gasteiger partial charge in [-0.1, -0.05) is 48.6 Å². The van der Waals surface area contributed by atoms with Gasteiger partial charge in [-0.25, -0.2) is 8.42 Å². The number of nitrogens with one attached hydrogen (secondary N) is 2. The number of amides is 1. The minimum absolute atomic E-state index is 0.0861. The molecule has 2 aromatic carbocycles. The summed E-state index contributed by atoms with van der Waals surface area (Å²) in [5.41, 5.74) is 1.63. The molecule has 0 atom stereocenters. The van der Waals surface area contributed by atoms with Crippen LogP contribution < -0.4 is 10.0 Å². The van der Waals surface area contributed by atoms with Crippen molar-refractivity contribution in [3.05, 3.63) is 65.2 Å². The van der Waals surface area contributed by atoms with Gasteiger partial charge in [-0.15, -0.1) is 10.2 Å². The monoisotopic (exact) mass is 416 g/mol. The van der Waals surface area contributed by atoms with E-state index in [1.54, 1.807) is 12.1 Å². The number of aromatic nitrogens is 2. The maximum atomic E-state index is 12.4. The molecule has 0 aliphatic carbocycles. The quantitative estimate of drug-likeness (QED) is 0.585. The van der Waals surface area contributed by atoms with E-state index in [1.165, 1.54) is 23.5 Å². The first-order valence-electron chi connectivity index (χ1n) is 8.75. The molecular formula is C19H20N4O3S2. The van der Waals surface area contributed by atoms with Crippen molar-refractivity contribution in [2.75, 3.05) is 10.0 Å². The normalized spacial score (nSPS) is 11.2. The second-order valence-corrected chi connectivity index (χ2v) is 8.76. The highest BCUT2D eigenvalue weighted by Gasteiger charge is 2.17. The van der Waals surface area contributed by atoms with Crippen molar-refractivity contribution in [1.82, 2.24) is 10.2 Å². The first-order chi connectivity index (χ1) is 13.5. The van der Waals surface area contributed by atoms with E-state index >= 15 is 0 Å². The molecule has 0 radical (unpaired) electrons. The summed E-state index contributed by atoms with van der Waals surface area (Å²) >= 11 is 1.20. The summed E-state index contributed by atoms with van der Waals surface area (Å²) in [6.45, 7) is 1.92. The van der Waals surface area contributed by atoms with Gasteiger partial charge in [0, 0.05) is 12.1 Å². The molecule has 3 rings (SSSR count). The van der Waals surface area contributed by atoms with Crippen molar-refractivity contribution < 1.29 is 13.2 Å². The average molecular weight is 417 g/mol. The molecule has 0 aliphatic rings. The van der Waals surface area contributed by atoms with Gasteiger partial charge in [0.15, 0.2) is 0 Å². The van der Waals surface area contributed by atoms with Crippen LogP contribution in [0.15, 0.2) is 59.5 Å². The number of nitrogens with zero attached hydrogens (tertiary/aromatic N) is 2. The maximum absolute atomic E-state index is 12.4. The third-order valence-corrected chi connectivity index (χ3v) is 6.39. The van der Waals surface area contributed by atoms with Gasteiger partial charge < -0.3 is 5.32 Å². The Hall–Kier alpha value is -2.78. The summed E-state index contributed by atoms with van der Waals surface area (Å²) in [6, 6.07) is 15.8. The highest BCUT2D eigenvalue weighted by Crippen LogP contribution is 2.21. The predicted molar refractivity (Wildman–Crippen MR) is 110 cm³/mol. The van der Waals surface area contributed by atoms with Gasteiger partial charge in [-0.3, -0.25) is 9.52 Å². The number of anilines is 2. The summed E-state index contributed by atoms with van der Waals surface area (Å²) in [6.07, 6.45) is 1.69. The fraction of sp³-hybridized carbons (Fsp3) is 0.211. The number of carbonyl (C=O) groups excluding carboxylic acids is 1. The molecule has 1 amide bonds. The van der Waals surface area contributed by atoms with E-state index in [1.807, 2.05) is 37.3 Å². The number of aryl methyl sites for hydroxylation is 2. The van der Waals surface area contributed by atoms with Crippen LogP contribution in [0, 0.1) is 0 Å². The zero-order valence-electron chi connectivity index (χ0n) is 15.3. The summed E-state index contributed by atoms with van der Waals surface area (Å²) < 4.78 is 27.3. The molecular weight excluding hydrogens is 396 g/mol. The molecule has 0 bridgehead atoms. The molecule has 28 heavy (non-hydrogen) atoms. The largest absolute Gasteiger partial charge is 0.326 e. The molecule has 3 aromatic rings. The van der Waals surface area contributed by atoms with Crippen molar-refractivity contribution in [1.29, 1.82) is 0 Å². The van der Waals surface area contributed by atoms with Gasteiger partial charge in [-0.05, 0) is 42.7 Å². The number of benzene rings is 2. The number of hydrogen-bond acceptors (Lipinski definition) is 6. The molecule has 0 aliphatic heterocycles. The zero-order chi connectivity index (χ0) is 20.0. The minimum atomic E-state index is -3.75. The lowest BCUT2D eigenvalue weighted by molar-refractivity contribution is -0.116. The predicted octanol–water partition coefficient (Wildman–Crippen LogP) is 3.47. The minimum Gasteiger partial charge on any atom is -0.326 e.